The molecule has 0 amide bonds. The molecule has 0 aromatic heterocycles. The predicted octanol–water partition coefficient (Wildman–Crippen LogP) is 3.91. The molecular formula is C19H20O3. The second-order valence-corrected chi connectivity index (χ2v) is 6.73. The molecule has 1 N–H and O–H groups in total. The van der Waals surface area contributed by atoms with Crippen LogP contribution in [-0.4, -0.2) is 16.7 Å². The highest BCUT2D eigenvalue weighted by Crippen LogP contribution is 2.42. The summed E-state index contributed by atoms with van der Waals surface area (Å²) >= 11 is 0. The Bertz CT molecular complexity index is 735. The molecule has 0 radical (unpaired) electrons. The number of allylic oxidation sites excluding steroid dienone is 2. The van der Waals surface area contributed by atoms with E-state index in [0.717, 1.165) is 30.4 Å². The number of carbonyl (C=O) groups excluding carboxylic acids is 2. The first-order chi connectivity index (χ1) is 10.4. The van der Waals surface area contributed by atoms with Gasteiger partial charge < -0.3 is 5.11 Å². The standard InChI is InChI=1S/C19H20O3/c1-4-6-13-16(20)12-8-9-14-11(7-5-10-19(14,2)3)15(12)18(22)17(13)21/h4,8-9,20H,1,5-7,10H2,2-3H3. The first-order valence-electron chi connectivity index (χ1n) is 7.67. The summed E-state index contributed by atoms with van der Waals surface area (Å²) in [7, 11) is 0. The van der Waals surface area contributed by atoms with E-state index >= 15 is 0 Å². The Morgan fingerprint density at radius 3 is 2.68 bits per heavy atom. The summed E-state index contributed by atoms with van der Waals surface area (Å²) in [6, 6.07) is 3.78. The van der Waals surface area contributed by atoms with Gasteiger partial charge in [-0.15, -0.1) is 6.58 Å². The molecule has 2 aliphatic carbocycles. The van der Waals surface area contributed by atoms with Crippen LogP contribution in [0.25, 0.3) is 5.76 Å². The summed E-state index contributed by atoms with van der Waals surface area (Å²) in [6.07, 6.45) is 4.57. The molecular weight excluding hydrogens is 276 g/mol. The van der Waals surface area contributed by atoms with Crippen molar-refractivity contribution in [1.29, 1.82) is 0 Å². The monoisotopic (exact) mass is 296 g/mol. The van der Waals surface area contributed by atoms with Crippen LogP contribution in [0.4, 0.5) is 0 Å². The van der Waals surface area contributed by atoms with Crippen molar-refractivity contribution in [3.8, 4) is 0 Å². The summed E-state index contributed by atoms with van der Waals surface area (Å²) in [5.74, 6) is -1.15. The topological polar surface area (TPSA) is 54.4 Å². The molecule has 0 bridgehead atoms. The third-order valence-electron chi connectivity index (χ3n) is 4.87. The highest BCUT2D eigenvalue weighted by atomic mass is 16.3. The molecule has 0 spiro atoms. The second-order valence-electron chi connectivity index (χ2n) is 6.73. The number of hydrogen-bond donors (Lipinski definition) is 1. The Morgan fingerprint density at radius 1 is 1.27 bits per heavy atom. The number of rotatable bonds is 2. The predicted molar refractivity (Wildman–Crippen MR) is 86.1 cm³/mol. The second kappa shape index (κ2) is 4.94. The van der Waals surface area contributed by atoms with Gasteiger partial charge in [-0.25, -0.2) is 0 Å². The molecule has 3 heteroatoms. The van der Waals surface area contributed by atoms with Crippen LogP contribution in [-0.2, 0) is 16.6 Å². The van der Waals surface area contributed by atoms with E-state index in [9.17, 15) is 14.7 Å². The van der Waals surface area contributed by atoms with Crippen LogP contribution in [0.5, 0.6) is 0 Å². The SMILES string of the molecule is C=CCC1=C(O)c2ccc3c(c2C(=O)C1=O)CCCC3(C)C. The largest absolute Gasteiger partial charge is 0.507 e. The number of aliphatic hydroxyl groups excluding tert-OH is 1. The maximum absolute atomic E-state index is 12.6. The van der Waals surface area contributed by atoms with Crippen LogP contribution < -0.4 is 0 Å². The molecule has 1 aromatic carbocycles. The number of carbonyl (C=O) groups is 2. The van der Waals surface area contributed by atoms with E-state index in [1.165, 1.54) is 6.08 Å². The van der Waals surface area contributed by atoms with Gasteiger partial charge in [0, 0.05) is 16.7 Å². The zero-order chi connectivity index (χ0) is 16.1. The van der Waals surface area contributed by atoms with Gasteiger partial charge in [-0.1, -0.05) is 32.1 Å². The van der Waals surface area contributed by atoms with Gasteiger partial charge >= 0.3 is 0 Å². The molecule has 114 valence electrons. The van der Waals surface area contributed by atoms with Crippen molar-refractivity contribution in [3.05, 3.63) is 52.6 Å². The molecule has 0 saturated carbocycles. The fourth-order valence-electron chi connectivity index (χ4n) is 3.69. The number of hydrogen-bond acceptors (Lipinski definition) is 3. The van der Waals surface area contributed by atoms with Gasteiger partial charge in [0.15, 0.2) is 0 Å². The Balaban J connectivity index is 2.29. The minimum absolute atomic E-state index is 0.00727. The maximum Gasteiger partial charge on any atom is 0.234 e. The summed E-state index contributed by atoms with van der Waals surface area (Å²) in [5, 5.41) is 10.4. The summed E-state index contributed by atoms with van der Waals surface area (Å²) < 4.78 is 0. The highest BCUT2D eigenvalue weighted by molar-refractivity contribution is 6.52. The lowest BCUT2D eigenvalue weighted by molar-refractivity contribution is -0.112. The molecule has 1 aromatic rings. The van der Waals surface area contributed by atoms with E-state index < -0.39 is 11.6 Å². The van der Waals surface area contributed by atoms with E-state index in [1.807, 2.05) is 6.07 Å². The summed E-state index contributed by atoms with van der Waals surface area (Å²) in [4.78, 5) is 24.9. The van der Waals surface area contributed by atoms with Crippen molar-refractivity contribution >= 4 is 17.3 Å². The molecule has 22 heavy (non-hydrogen) atoms. The van der Waals surface area contributed by atoms with E-state index in [4.69, 9.17) is 0 Å². The smallest absolute Gasteiger partial charge is 0.234 e. The van der Waals surface area contributed by atoms with Gasteiger partial charge in [0.2, 0.25) is 11.6 Å². The summed E-state index contributed by atoms with van der Waals surface area (Å²) in [6.45, 7) is 7.90. The Morgan fingerprint density at radius 2 is 2.00 bits per heavy atom. The fraction of sp³-hybridized carbons (Fsp3) is 0.368. The third-order valence-corrected chi connectivity index (χ3v) is 4.87. The number of fused-ring (bicyclic) bond motifs is 3. The number of Topliss-reactive ketones (excluding diaryl/α,β-unsaturated/α-hetero) is 2. The highest BCUT2D eigenvalue weighted by Gasteiger charge is 2.38. The van der Waals surface area contributed by atoms with Crippen LogP contribution in [0.15, 0.2) is 30.4 Å². The van der Waals surface area contributed by atoms with Crippen molar-refractivity contribution in [2.45, 2.75) is 44.9 Å². The molecule has 2 aliphatic rings. The fourth-order valence-corrected chi connectivity index (χ4v) is 3.69. The average molecular weight is 296 g/mol. The zero-order valence-corrected chi connectivity index (χ0v) is 13.0. The number of benzene rings is 1. The van der Waals surface area contributed by atoms with Crippen LogP contribution >= 0.6 is 0 Å². The molecule has 0 heterocycles. The molecule has 3 nitrogen and oxygen atoms in total. The van der Waals surface area contributed by atoms with Crippen molar-refractivity contribution in [2.24, 2.45) is 0 Å². The van der Waals surface area contributed by atoms with E-state index in [1.54, 1.807) is 6.07 Å². The average Bonchev–Trinajstić information content (AvgIpc) is 2.48. The van der Waals surface area contributed by atoms with E-state index in [-0.39, 0.29) is 23.2 Å². The van der Waals surface area contributed by atoms with Crippen LogP contribution in [0, 0.1) is 0 Å². The lowest BCUT2D eigenvalue weighted by atomic mass is 9.69. The Labute approximate surface area is 130 Å². The minimum atomic E-state index is -0.596. The quantitative estimate of drug-likeness (QED) is 0.665. The molecule has 3 rings (SSSR count). The molecule has 0 aliphatic heterocycles. The van der Waals surface area contributed by atoms with Gasteiger partial charge in [0.1, 0.15) is 5.76 Å². The van der Waals surface area contributed by atoms with Gasteiger partial charge in [-0.2, -0.15) is 0 Å². The lowest BCUT2D eigenvalue weighted by Crippen LogP contribution is -2.30. The zero-order valence-electron chi connectivity index (χ0n) is 13.0. The van der Waals surface area contributed by atoms with Gasteiger partial charge in [-0.3, -0.25) is 9.59 Å². The molecule has 0 atom stereocenters. The minimum Gasteiger partial charge on any atom is -0.507 e. The van der Waals surface area contributed by atoms with Crippen LogP contribution in [0.2, 0.25) is 0 Å². The van der Waals surface area contributed by atoms with Crippen molar-refractivity contribution in [2.75, 3.05) is 0 Å². The molecule has 0 unspecified atom stereocenters. The van der Waals surface area contributed by atoms with Crippen LogP contribution in [0.3, 0.4) is 0 Å². The van der Waals surface area contributed by atoms with Crippen molar-refractivity contribution in [1.82, 2.24) is 0 Å². The Hall–Kier alpha value is -2.16. The van der Waals surface area contributed by atoms with Gasteiger partial charge in [-0.05, 0) is 42.2 Å². The summed E-state index contributed by atoms with van der Waals surface area (Å²) in [5.41, 5.74) is 3.13. The van der Waals surface area contributed by atoms with Crippen LogP contribution in [0.1, 0.15) is 60.2 Å². The number of ketones is 2. The van der Waals surface area contributed by atoms with E-state index in [2.05, 4.69) is 20.4 Å². The number of aliphatic hydroxyl groups is 1. The maximum atomic E-state index is 12.6. The van der Waals surface area contributed by atoms with E-state index in [0.29, 0.717) is 11.1 Å². The lowest BCUT2D eigenvalue weighted by Gasteiger charge is -2.35. The van der Waals surface area contributed by atoms with Crippen molar-refractivity contribution < 1.29 is 14.7 Å². The third kappa shape index (κ3) is 1.96. The Kier molecular flexibility index (Phi) is 3.32. The van der Waals surface area contributed by atoms with Gasteiger partial charge in [0.25, 0.3) is 0 Å². The van der Waals surface area contributed by atoms with Gasteiger partial charge in [0.05, 0.1) is 0 Å². The first kappa shape index (κ1) is 14.8. The molecule has 0 fully saturated rings. The molecule has 0 saturated heterocycles. The first-order valence-corrected chi connectivity index (χ1v) is 7.67. The van der Waals surface area contributed by atoms with Crippen molar-refractivity contribution in [3.63, 3.8) is 0 Å². The normalized spacial score (nSPS) is 19.7.